The molecule has 1 rings (SSSR count). The summed E-state index contributed by atoms with van der Waals surface area (Å²) in [5.41, 5.74) is -3.06. The van der Waals surface area contributed by atoms with Gasteiger partial charge in [0.2, 0.25) is 0 Å². The van der Waals surface area contributed by atoms with Crippen LogP contribution in [0.15, 0.2) is 30.3 Å². The Morgan fingerprint density at radius 2 is 2.10 bits per heavy atom. The molecular formula is C15H21NO4S. The Kier molecular flexibility index (Phi) is 4.50. The molecule has 0 heterocycles. The van der Waals surface area contributed by atoms with Gasteiger partial charge in [0.25, 0.3) is 0 Å². The molecule has 5 nitrogen and oxygen atoms in total. The van der Waals surface area contributed by atoms with Crippen molar-refractivity contribution >= 4 is 23.8 Å². The molecule has 1 atom stereocenters. The lowest BCUT2D eigenvalue weighted by atomic mass is 10.2. The number of aliphatic carboxylic acids is 1. The van der Waals surface area contributed by atoms with Crippen LogP contribution in [0.1, 0.15) is 30.4 Å². The molecule has 0 aliphatic rings. The summed E-state index contributed by atoms with van der Waals surface area (Å²) in [6.45, 7) is 4.55. The predicted molar refractivity (Wildman–Crippen MR) is 83.4 cm³/mol. The summed E-state index contributed by atoms with van der Waals surface area (Å²) >= 11 is 0.526. The molecule has 0 radical (unpaired) electrons. The molecule has 0 fully saturated rings. The minimum atomic E-state index is -3.19. The van der Waals surface area contributed by atoms with Crippen LogP contribution in [-0.4, -0.2) is 34.5 Å². The zero-order chi connectivity index (χ0) is 19.5. The Bertz CT molecular complexity index is 624. The molecule has 0 unspecified atom stereocenters. The van der Waals surface area contributed by atoms with Crippen LogP contribution >= 0.6 is 11.8 Å². The zero-order valence-electron chi connectivity index (χ0n) is 16.1. The molecule has 21 heavy (non-hydrogen) atoms. The van der Waals surface area contributed by atoms with Crippen LogP contribution in [0.2, 0.25) is 1.41 Å². The molecule has 0 saturated heterocycles. The smallest absolute Gasteiger partial charge is 0.408 e. The van der Waals surface area contributed by atoms with Gasteiger partial charge in [0.1, 0.15) is 11.6 Å². The third-order valence-corrected chi connectivity index (χ3v) is 2.87. The second kappa shape index (κ2) is 7.93. The van der Waals surface area contributed by atoms with Gasteiger partial charge in [-0.3, -0.25) is 0 Å². The molecule has 1 aromatic rings. The van der Waals surface area contributed by atoms with E-state index in [1.54, 1.807) is 30.3 Å². The average molecular weight is 315 g/mol. The van der Waals surface area contributed by atoms with E-state index in [1.165, 1.54) is 20.8 Å². The lowest BCUT2D eigenvalue weighted by molar-refractivity contribution is -0.138. The number of alkyl carbamates (subject to hydrolysis) is 1. The average Bonchev–Trinajstić information content (AvgIpc) is 2.50. The van der Waals surface area contributed by atoms with Crippen molar-refractivity contribution in [3.05, 3.63) is 35.9 Å². The van der Waals surface area contributed by atoms with Gasteiger partial charge in [0, 0.05) is 14.2 Å². The largest absolute Gasteiger partial charge is 0.480 e. The maximum atomic E-state index is 12.0. The van der Waals surface area contributed by atoms with E-state index in [1.807, 2.05) is 0 Å². The summed E-state index contributed by atoms with van der Waals surface area (Å²) in [4.78, 5) is 23.6. The molecule has 0 spiro atoms. The van der Waals surface area contributed by atoms with E-state index < -0.39 is 29.4 Å². The van der Waals surface area contributed by atoms with Gasteiger partial charge in [-0.2, -0.15) is 11.8 Å². The number of carboxylic acids is 1. The first-order chi connectivity index (χ1) is 11.3. The fourth-order valence-electron chi connectivity index (χ4n) is 1.25. The van der Waals surface area contributed by atoms with Gasteiger partial charge < -0.3 is 15.2 Å². The van der Waals surface area contributed by atoms with Crippen molar-refractivity contribution in [2.24, 2.45) is 0 Å². The number of benzene rings is 1. The number of hydrogen-bond acceptors (Lipinski definition) is 4. The monoisotopic (exact) mass is 315 g/mol. The highest BCUT2D eigenvalue weighted by Gasteiger charge is 2.23. The first-order valence-electron chi connectivity index (χ1n) is 8.19. The topological polar surface area (TPSA) is 75.6 Å². The standard InChI is InChI=1S/C15H21NO4S/c1-15(2,3)20-14(19)16-12(13(17)18)10-21-9-11-7-5-4-6-8-11/h4-8,12H,9-10H2,1-3H3,(H,16,19)(H,17,18)/t12-/m1/s1/i10D2,12D/hD. The number of carboxylic acid groups (broad SMARTS) is 1. The van der Waals surface area contributed by atoms with Crippen LogP contribution < -0.4 is 5.31 Å². The summed E-state index contributed by atoms with van der Waals surface area (Å²) in [5.74, 6) is -1.89. The molecule has 1 aromatic carbocycles. The van der Waals surface area contributed by atoms with Gasteiger partial charge in [-0.25, -0.2) is 9.59 Å². The van der Waals surface area contributed by atoms with Crippen LogP contribution in [0.5, 0.6) is 0 Å². The minimum absolute atomic E-state index is 0.0733. The lowest BCUT2D eigenvalue weighted by Gasteiger charge is -2.21. The second-order valence-electron chi connectivity index (χ2n) is 5.12. The van der Waals surface area contributed by atoms with Crippen LogP contribution in [-0.2, 0) is 15.3 Å². The van der Waals surface area contributed by atoms with Crippen molar-refractivity contribution in [3.63, 3.8) is 0 Å². The predicted octanol–water partition coefficient (Wildman–Crippen LogP) is 2.90. The van der Waals surface area contributed by atoms with Gasteiger partial charge in [-0.15, -0.1) is 0 Å². The molecule has 1 amide bonds. The maximum Gasteiger partial charge on any atom is 0.408 e. The van der Waals surface area contributed by atoms with Gasteiger partial charge in [0.05, 0.1) is 1.37 Å². The normalized spacial score (nSPS) is 17.5. The highest BCUT2D eigenvalue weighted by atomic mass is 32.2. The highest BCUT2D eigenvalue weighted by Crippen LogP contribution is 2.13. The Balaban J connectivity index is 3.04. The quantitative estimate of drug-likeness (QED) is 0.844. The zero-order valence-corrected chi connectivity index (χ0v) is 12.9. The number of carbonyl (C=O) groups is 2. The van der Waals surface area contributed by atoms with Gasteiger partial charge in [-0.05, 0) is 26.3 Å². The lowest BCUT2D eigenvalue weighted by Crippen LogP contribution is -2.44. The summed E-state index contributed by atoms with van der Waals surface area (Å²) in [6, 6.07) is 5.53. The van der Waals surface area contributed by atoms with Crippen LogP contribution in [0.25, 0.3) is 0 Å². The molecule has 0 aromatic heterocycles. The summed E-state index contributed by atoms with van der Waals surface area (Å²) in [5, 5.41) is 9.11. The second-order valence-corrected chi connectivity index (χ2v) is 5.90. The Morgan fingerprint density at radius 3 is 2.62 bits per heavy atom. The van der Waals surface area contributed by atoms with E-state index in [0.717, 1.165) is 5.56 Å². The fourth-order valence-corrected chi connectivity index (χ4v) is 1.95. The summed E-state index contributed by atoms with van der Waals surface area (Å²) in [7, 11) is 0. The van der Waals surface area contributed by atoms with Crippen LogP contribution in [0.4, 0.5) is 4.79 Å². The van der Waals surface area contributed by atoms with E-state index >= 15 is 0 Å². The number of ether oxygens (including phenoxy) is 1. The molecule has 0 bridgehead atoms. The third kappa shape index (κ3) is 7.60. The molecular weight excluding hydrogens is 290 g/mol. The first-order valence-corrected chi connectivity index (χ1v) is 7.23. The van der Waals surface area contributed by atoms with Crippen LogP contribution in [0.3, 0.4) is 0 Å². The van der Waals surface area contributed by atoms with E-state index in [-0.39, 0.29) is 11.1 Å². The number of thioether (sulfide) groups is 1. The summed E-state index contributed by atoms with van der Waals surface area (Å²) < 4.78 is 36.7. The minimum Gasteiger partial charge on any atom is -0.480 e. The van der Waals surface area contributed by atoms with E-state index in [9.17, 15) is 14.7 Å². The number of hydrogen-bond donors (Lipinski definition) is 2. The van der Waals surface area contributed by atoms with Gasteiger partial charge in [-0.1, -0.05) is 30.3 Å². The van der Waals surface area contributed by atoms with Crippen molar-refractivity contribution in [3.8, 4) is 0 Å². The Hall–Kier alpha value is -1.69. The van der Waals surface area contributed by atoms with Crippen molar-refractivity contribution < 1.29 is 25.0 Å². The van der Waals surface area contributed by atoms with Crippen LogP contribution in [0, 0.1) is 0 Å². The maximum absolute atomic E-state index is 12.0. The molecule has 6 heteroatoms. The highest BCUT2D eigenvalue weighted by molar-refractivity contribution is 7.98. The van der Waals surface area contributed by atoms with Crippen molar-refractivity contribution in [2.75, 3.05) is 5.70 Å². The van der Waals surface area contributed by atoms with Gasteiger partial charge in [0.15, 0.2) is 1.41 Å². The molecule has 116 valence electrons. The fraction of sp³-hybridized carbons (Fsp3) is 0.467. The van der Waals surface area contributed by atoms with E-state index in [2.05, 4.69) is 0 Å². The SMILES string of the molecule is [2H]N(C(=O)OC(C)(C)C)[C@@]([2H])(C(=O)O)C([2H])([2H])SCc1ccccc1. The van der Waals surface area contributed by atoms with Crippen molar-refractivity contribution in [1.29, 1.82) is 0 Å². The summed E-state index contributed by atoms with van der Waals surface area (Å²) in [6.07, 6.45) is -1.41. The molecule has 2 N–H and O–H groups in total. The molecule has 0 saturated carbocycles. The van der Waals surface area contributed by atoms with E-state index in [0.29, 0.717) is 11.8 Å². The molecule has 0 aliphatic heterocycles. The van der Waals surface area contributed by atoms with Crippen molar-refractivity contribution in [2.45, 2.75) is 38.1 Å². The number of amides is 1. The van der Waals surface area contributed by atoms with E-state index in [4.69, 9.17) is 10.3 Å². The van der Waals surface area contributed by atoms with Gasteiger partial charge >= 0.3 is 12.1 Å². The van der Waals surface area contributed by atoms with Crippen molar-refractivity contribution in [1.82, 2.24) is 5.31 Å². The number of rotatable bonds is 6. The number of nitrogens with one attached hydrogen (secondary N) is 1. The number of carbonyl (C=O) groups excluding carboxylic acids is 1. The Labute approximate surface area is 134 Å². The third-order valence-electron chi connectivity index (χ3n) is 2.05. The first kappa shape index (κ1) is 11.9. The Morgan fingerprint density at radius 1 is 1.48 bits per heavy atom. The molecule has 0 aliphatic carbocycles.